The van der Waals surface area contributed by atoms with Crippen LogP contribution in [0.25, 0.3) is 0 Å². The van der Waals surface area contributed by atoms with Gasteiger partial charge in [0.1, 0.15) is 18.4 Å². The lowest BCUT2D eigenvalue weighted by atomic mass is 10.0. The summed E-state index contributed by atoms with van der Waals surface area (Å²) in [5, 5.41) is 8.02. The number of hydrogen-bond acceptors (Lipinski definition) is 4. The number of halogens is 3. The minimum atomic E-state index is -0.808. The third kappa shape index (κ3) is 7.46. The molecule has 3 aromatic rings. The Bertz CT molecular complexity index is 1230. The van der Waals surface area contributed by atoms with Crippen molar-refractivity contribution < 1.29 is 14.3 Å². The largest absolute Gasteiger partial charge is 0.488 e. The summed E-state index contributed by atoms with van der Waals surface area (Å²) < 4.78 is 5.90. The molecule has 6 nitrogen and oxygen atoms in total. The first-order chi connectivity index (χ1) is 16.8. The Hall–Kier alpha value is -3.06. The summed E-state index contributed by atoms with van der Waals surface area (Å²) in [6, 6.07) is 18.4. The van der Waals surface area contributed by atoms with Gasteiger partial charge in [-0.3, -0.25) is 9.59 Å². The molecule has 182 valence electrons. The zero-order valence-electron chi connectivity index (χ0n) is 19.1. The Kier molecular flexibility index (Phi) is 9.55. The van der Waals surface area contributed by atoms with Crippen molar-refractivity contribution in [2.75, 3.05) is 0 Å². The van der Waals surface area contributed by atoms with Gasteiger partial charge in [-0.15, -0.1) is 0 Å². The molecular formula is C26H24Cl3N3O3. The molecule has 0 fully saturated rings. The van der Waals surface area contributed by atoms with Gasteiger partial charge in [0.05, 0.1) is 26.8 Å². The number of hydrogen-bond donors (Lipinski definition) is 2. The van der Waals surface area contributed by atoms with E-state index in [0.717, 1.165) is 5.56 Å². The molecule has 1 atom stereocenters. The second-order valence-electron chi connectivity index (χ2n) is 7.98. The molecule has 3 rings (SSSR count). The van der Waals surface area contributed by atoms with Gasteiger partial charge in [0, 0.05) is 5.56 Å². The van der Waals surface area contributed by atoms with E-state index in [1.165, 1.54) is 6.21 Å². The van der Waals surface area contributed by atoms with Crippen molar-refractivity contribution in [3.05, 3.63) is 98.5 Å². The van der Waals surface area contributed by atoms with Crippen molar-refractivity contribution in [1.82, 2.24) is 10.7 Å². The number of para-hydroxylation sites is 1. The van der Waals surface area contributed by atoms with Gasteiger partial charge in [0.2, 0.25) is 0 Å². The molecule has 0 aliphatic carbocycles. The first-order valence-electron chi connectivity index (χ1n) is 10.8. The molecule has 0 aliphatic rings. The summed E-state index contributed by atoms with van der Waals surface area (Å²) in [7, 11) is 0. The number of nitrogens with zero attached hydrogens (tertiary/aromatic N) is 1. The predicted octanol–water partition coefficient (Wildman–Crippen LogP) is 6.13. The Balaban J connectivity index is 1.64. The number of rotatable bonds is 9. The van der Waals surface area contributed by atoms with Crippen LogP contribution in [0.1, 0.15) is 35.3 Å². The van der Waals surface area contributed by atoms with E-state index < -0.39 is 17.9 Å². The van der Waals surface area contributed by atoms with Crippen LogP contribution in [0.15, 0.2) is 71.8 Å². The zero-order valence-corrected chi connectivity index (χ0v) is 21.4. The van der Waals surface area contributed by atoms with Gasteiger partial charge in [-0.1, -0.05) is 79.0 Å². The quantitative estimate of drug-likeness (QED) is 0.257. The van der Waals surface area contributed by atoms with E-state index in [4.69, 9.17) is 39.5 Å². The summed E-state index contributed by atoms with van der Waals surface area (Å²) in [5.74, 6) is -0.497. The second kappa shape index (κ2) is 12.6. The minimum absolute atomic E-state index is 0.182. The Morgan fingerprint density at radius 3 is 2.37 bits per heavy atom. The molecule has 1 unspecified atom stereocenters. The van der Waals surface area contributed by atoms with E-state index >= 15 is 0 Å². The molecule has 9 heteroatoms. The molecule has 0 saturated carbocycles. The highest BCUT2D eigenvalue weighted by Crippen LogP contribution is 2.24. The van der Waals surface area contributed by atoms with Crippen LogP contribution in [-0.4, -0.2) is 24.1 Å². The minimum Gasteiger partial charge on any atom is -0.488 e. The maximum Gasteiger partial charge on any atom is 0.262 e. The SMILES string of the molecule is CC(C)C(NC(=O)c1ccccc1Cl)C(=O)NN=Cc1ccccc1OCc1ccc(Cl)c(Cl)c1. The molecule has 3 aromatic carbocycles. The first kappa shape index (κ1) is 26.5. The Labute approximate surface area is 219 Å². The van der Waals surface area contributed by atoms with E-state index in [1.807, 2.05) is 32.0 Å². The fourth-order valence-electron chi connectivity index (χ4n) is 3.14. The van der Waals surface area contributed by atoms with Gasteiger partial charge in [-0.25, -0.2) is 5.43 Å². The lowest BCUT2D eigenvalue weighted by molar-refractivity contribution is -0.123. The number of benzene rings is 3. The lowest BCUT2D eigenvalue weighted by Crippen LogP contribution is -2.48. The number of carbonyl (C=O) groups excluding carboxylic acids is 2. The first-order valence-corrected chi connectivity index (χ1v) is 11.9. The fourth-order valence-corrected chi connectivity index (χ4v) is 3.69. The summed E-state index contributed by atoms with van der Waals surface area (Å²) in [6.45, 7) is 3.93. The van der Waals surface area contributed by atoms with Crippen molar-refractivity contribution >= 4 is 52.8 Å². The average molecular weight is 533 g/mol. The van der Waals surface area contributed by atoms with Crippen molar-refractivity contribution in [2.45, 2.75) is 26.5 Å². The van der Waals surface area contributed by atoms with Gasteiger partial charge < -0.3 is 10.1 Å². The Morgan fingerprint density at radius 2 is 1.66 bits per heavy atom. The molecule has 2 amide bonds. The third-order valence-corrected chi connectivity index (χ3v) is 6.10. The molecule has 2 N–H and O–H groups in total. The van der Waals surface area contributed by atoms with Gasteiger partial charge >= 0.3 is 0 Å². The van der Waals surface area contributed by atoms with Crippen molar-refractivity contribution in [3.8, 4) is 5.75 Å². The van der Waals surface area contributed by atoms with Crippen LogP contribution in [0.4, 0.5) is 0 Å². The van der Waals surface area contributed by atoms with Crippen LogP contribution in [0.2, 0.25) is 15.1 Å². The van der Waals surface area contributed by atoms with Crippen molar-refractivity contribution in [2.24, 2.45) is 11.0 Å². The number of hydrazone groups is 1. The zero-order chi connectivity index (χ0) is 25.4. The standard InChI is InChI=1S/C26H24Cl3N3O3/c1-16(2)24(31-25(33)19-8-4-5-9-20(19)27)26(34)32-30-14-18-7-3-6-10-23(18)35-15-17-11-12-21(28)22(29)13-17/h3-14,16,24H,15H2,1-2H3,(H,31,33)(H,32,34). The molecular weight excluding hydrogens is 509 g/mol. The molecule has 0 aliphatic heterocycles. The van der Waals surface area contributed by atoms with Crippen LogP contribution in [-0.2, 0) is 11.4 Å². The smallest absolute Gasteiger partial charge is 0.262 e. The van der Waals surface area contributed by atoms with Crippen LogP contribution >= 0.6 is 34.8 Å². The normalized spacial score (nSPS) is 11.9. The van der Waals surface area contributed by atoms with E-state index in [2.05, 4.69) is 15.8 Å². The van der Waals surface area contributed by atoms with Gasteiger partial charge in [0.25, 0.3) is 11.8 Å². The molecule has 0 bridgehead atoms. The summed E-state index contributed by atoms with van der Waals surface area (Å²) in [6.07, 6.45) is 1.48. The van der Waals surface area contributed by atoms with Crippen LogP contribution in [0.3, 0.4) is 0 Å². The number of amides is 2. The van der Waals surface area contributed by atoms with Gasteiger partial charge in [0.15, 0.2) is 0 Å². The van der Waals surface area contributed by atoms with Crippen molar-refractivity contribution in [1.29, 1.82) is 0 Å². The van der Waals surface area contributed by atoms with Crippen LogP contribution in [0, 0.1) is 5.92 Å². The highest BCUT2D eigenvalue weighted by molar-refractivity contribution is 6.42. The molecule has 0 heterocycles. The lowest BCUT2D eigenvalue weighted by Gasteiger charge is -2.20. The predicted molar refractivity (Wildman–Crippen MR) is 141 cm³/mol. The Morgan fingerprint density at radius 1 is 0.943 bits per heavy atom. The number of carbonyl (C=O) groups is 2. The molecule has 0 aromatic heterocycles. The van der Waals surface area contributed by atoms with Crippen molar-refractivity contribution in [3.63, 3.8) is 0 Å². The van der Waals surface area contributed by atoms with Crippen LogP contribution < -0.4 is 15.5 Å². The molecule has 0 spiro atoms. The maximum atomic E-state index is 12.8. The molecule has 35 heavy (non-hydrogen) atoms. The van der Waals surface area contributed by atoms with E-state index in [1.54, 1.807) is 48.5 Å². The monoisotopic (exact) mass is 531 g/mol. The second-order valence-corrected chi connectivity index (χ2v) is 9.21. The van der Waals surface area contributed by atoms with E-state index in [9.17, 15) is 9.59 Å². The van der Waals surface area contributed by atoms with Gasteiger partial charge in [-0.05, 0) is 47.9 Å². The summed E-state index contributed by atoms with van der Waals surface area (Å²) in [4.78, 5) is 25.4. The average Bonchev–Trinajstić information content (AvgIpc) is 2.83. The molecule has 0 saturated heterocycles. The van der Waals surface area contributed by atoms with Gasteiger partial charge in [-0.2, -0.15) is 5.10 Å². The molecule has 0 radical (unpaired) electrons. The van der Waals surface area contributed by atoms with E-state index in [-0.39, 0.29) is 12.5 Å². The van der Waals surface area contributed by atoms with E-state index in [0.29, 0.717) is 31.9 Å². The fraction of sp³-hybridized carbons (Fsp3) is 0.192. The highest BCUT2D eigenvalue weighted by atomic mass is 35.5. The summed E-state index contributed by atoms with van der Waals surface area (Å²) in [5.41, 5.74) is 4.31. The number of nitrogens with one attached hydrogen (secondary N) is 2. The maximum absolute atomic E-state index is 12.8. The van der Waals surface area contributed by atoms with Crippen LogP contribution in [0.5, 0.6) is 5.75 Å². The third-order valence-electron chi connectivity index (χ3n) is 5.03. The highest BCUT2D eigenvalue weighted by Gasteiger charge is 2.25. The number of ether oxygens (including phenoxy) is 1. The topological polar surface area (TPSA) is 79.8 Å². The summed E-state index contributed by atoms with van der Waals surface area (Å²) >= 11 is 18.1.